The van der Waals surface area contributed by atoms with Crippen LogP contribution in [0.2, 0.25) is 0 Å². The number of anilines is 2. The van der Waals surface area contributed by atoms with Crippen molar-refractivity contribution < 1.29 is 22.8 Å². The molecule has 1 N–H and O–H groups in total. The standard InChI is InChI=1S/C18H16N2O5S/c1-26(24,25)15-4-2-3-13(11-15)19-18(23)12-5-7-14(8-6-12)20-16(21)9-10-17(20)22/h2-8,11H,9-10H2,1H3,(H,19,23). The molecule has 0 unspecified atom stereocenters. The Morgan fingerprint density at radius 1 is 1.00 bits per heavy atom. The van der Waals surface area contributed by atoms with Crippen molar-refractivity contribution in [2.24, 2.45) is 0 Å². The van der Waals surface area contributed by atoms with Crippen LogP contribution in [0.3, 0.4) is 0 Å². The quantitative estimate of drug-likeness (QED) is 0.827. The summed E-state index contributed by atoms with van der Waals surface area (Å²) in [7, 11) is -3.37. The largest absolute Gasteiger partial charge is 0.322 e. The Morgan fingerprint density at radius 2 is 1.62 bits per heavy atom. The van der Waals surface area contributed by atoms with E-state index in [2.05, 4.69) is 5.32 Å². The Kier molecular flexibility index (Phi) is 4.60. The molecule has 3 rings (SSSR count). The first-order chi connectivity index (χ1) is 12.3. The van der Waals surface area contributed by atoms with Crippen LogP contribution in [0.15, 0.2) is 53.4 Å². The predicted octanol–water partition coefficient (Wildman–Crippen LogP) is 2.00. The molecule has 0 saturated carbocycles. The number of rotatable bonds is 4. The molecule has 0 aromatic heterocycles. The molecule has 3 amide bonds. The van der Waals surface area contributed by atoms with Crippen LogP contribution in [0.1, 0.15) is 23.2 Å². The van der Waals surface area contributed by atoms with Crippen LogP contribution in [-0.4, -0.2) is 32.4 Å². The van der Waals surface area contributed by atoms with Crippen LogP contribution in [0.4, 0.5) is 11.4 Å². The van der Waals surface area contributed by atoms with Gasteiger partial charge in [-0.15, -0.1) is 0 Å². The van der Waals surface area contributed by atoms with Gasteiger partial charge in [0, 0.05) is 30.3 Å². The van der Waals surface area contributed by atoms with Crippen molar-refractivity contribution in [1.82, 2.24) is 0 Å². The molecule has 1 aliphatic rings. The fourth-order valence-electron chi connectivity index (χ4n) is 2.63. The molecule has 7 nitrogen and oxygen atoms in total. The van der Waals surface area contributed by atoms with E-state index in [9.17, 15) is 22.8 Å². The highest BCUT2D eigenvalue weighted by Gasteiger charge is 2.30. The Hall–Kier alpha value is -3.00. The minimum absolute atomic E-state index is 0.108. The summed E-state index contributed by atoms with van der Waals surface area (Å²) >= 11 is 0. The Morgan fingerprint density at radius 3 is 2.19 bits per heavy atom. The van der Waals surface area contributed by atoms with Gasteiger partial charge in [0.25, 0.3) is 5.91 Å². The SMILES string of the molecule is CS(=O)(=O)c1cccc(NC(=O)c2ccc(N3C(=O)CCC3=O)cc2)c1. The summed E-state index contributed by atoms with van der Waals surface area (Å²) in [6, 6.07) is 12.0. The summed E-state index contributed by atoms with van der Waals surface area (Å²) in [6.07, 6.45) is 1.48. The molecule has 1 aliphatic heterocycles. The van der Waals surface area contributed by atoms with Gasteiger partial charge in [0.05, 0.1) is 10.6 Å². The molecule has 1 fully saturated rings. The van der Waals surface area contributed by atoms with Gasteiger partial charge >= 0.3 is 0 Å². The van der Waals surface area contributed by atoms with Crippen LogP contribution >= 0.6 is 0 Å². The Bertz CT molecular complexity index is 980. The lowest BCUT2D eigenvalue weighted by atomic mass is 10.1. The highest BCUT2D eigenvalue weighted by molar-refractivity contribution is 7.90. The molecule has 1 heterocycles. The van der Waals surface area contributed by atoms with E-state index in [0.717, 1.165) is 11.2 Å². The average molecular weight is 372 g/mol. The molecule has 0 bridgehead atoms. The lowest BCUT2D eigenvalue weighted by Crippen LogP contribution is -2.28. The van der Waals surface area contributed by atoms with Gasteiger partial charge in [-0.25, -0.2) is 8.42 Å². The second-order valence-corrected chi connectivity index (χ2v) is 7.94. The van der Waals surface area contributed by atoms with Gasteiger partial charge in [0.1, 0.15) is 0 Å². The minimum Gasteiger partial charge on any atom is -0.322 e. The highest BCUT2D eigenvalue weighted by Crippen LogP contribution is 2.23. The molecule has 26 heavy (non-hydrogen) atoms. The summed E-state index contributed by atoms with van der Waals surface area (Å²) in [4.78, 5) is 37.0. The molecule has 2 aromatic rings. The van der Waals surface area contributed by atoms with Crippen LogP contribution in [0.5, 0.6) is 0 Å². The van der Waals surface area contributed by atoms with E-state index in [1.54, 1.807) is 12.1 Å². The topological polar surface area (TPSA) is 101 Å². The number of hydrogen-bond acceptors (Lipinski definition) is 5. The van der Waals surface area contributed by atoms with Crippen LogP contribution in [-0.2, 0) is 19.4 Å². The van der Waals surface area contributed by atoms with E-state index in [-0.39, 0.29) is 29.6 Å². The third kappa shape index (κ3) is 3.65. The summed E-state index contributed by atoms with van der Waals surface area (Å²) in [5.74, 6) is -0.948. The van der Waals surface area contributed by atoms with Crippen LogP contribution in [0, 0.1) is 0 Å². The third-order valence-electron chi connectivity index (χ3n) is 3.96. The number of sulfone groups is 1. The third-order valence-corrected chi connectivity index (χ3v) is 5.07. The Balaban J connectivity index is 1.77. The smallest absolute Gasteiger partial charge is 0.255 e. The molecule has 1 saturated heterocycles. The van der Waals surface area contributed by atoms with Crippen molar-refractivity contribution >= 4 is 38.9 Å². The Labute approximate surface area is 150 Å². The fraction of sp³-hybridized carbons (Fsp3) is 0.167. The molecule has 0 atom stereocenters. The number of benzene rings is 2. The lowest BCUT2D eigenvalue weighted by Gasteiger charge is -2.14. The fourth-order valence-corrected chi connectivity index (χ4v) is 3.30. The average Bonchev–Trinajstić information content (AvgIpc) is 2.93. The molecule has 0 spiro atoms. The lowest BCUT2D eigenvalue weighted by molar-refractivity contribution is -0.121. The molecule has 2 aromatic carbocycles. The van der Waals surface area contributed by atoms with Gasteiger partial charge in [0.2, 0.25) is 11.8 Å². The predicted molar refractivity (Wildman–Crippen MR) is 95.7 cm³/mol. The van der Waals surface area contributed by atoms with Crippen molar-refractivity contribution in [3.8, 4) is 0 Å². The first-order valence-electron chi connectivity index (χ1n) is 7.83. The van der Waals surface area contributed by atoms with Crippen molar-refractivity contribution in [3.63, 3.8) is 0 Å². The van der Waals surface area contributed by atoms with Gasteiger partial charge in [-0.1, -0.05) is 6.07 Å². The van der Waals surface area contributed by atoms with Crippen molar-refractivity contribution in [1.29, 1.82) is 0 Å². The minimum atomic E-state index is -3.37. The van der Waals surface area contributed by atoms with Crippen LogP contribution in [0.25, 0.3) is 0 Å². The second kappa shape index (κ2) is 6.72. The summed E-state index contributed by atoms with van der Waals surface area (Å²) in [5.41, 5.74) is 1.10. The van der Waals surface area contributed by atoms with E-state index in [0.29, 0.717) is 16.9 Å². The van der Waals surface area contributed by atoms with E-state index < -0.39 is 15.7 Å². The van der Waals surface area contributed by atoms with Gasteiger partial charge < -0.3 is 5.32 Å². The maximum Gasteiger partial charge on any atom is 0.255 e. The second-order valence-electron chi connectivity index (χ2n) is 5.92. The van der Waals surface area contributed by atoms with E-state index >= 15 is 0 Å². The van der Waals surface area contributed by atoms with Gasteiger partial charge in [-0.05, 0) is 42.5 Å². The first-order valence-corrected chi connectivity index (χ1v) is 9.72. The zero-order chi connectivity index (χ0) is 18.9. The number of nitrogens with zero attached hydrogens (tertiary/aromatic N) is 1. The summed E-state index contributed by atoms with van der Waals surface area (Å²) < 4.78 is 23.2. The maximum atomic E-state index is 12.3. The first kappa shape index (κ1) is 17.8. The maximum absolute atomic E-state index is 12.3. The number of carbonyl (C=O) groups excluding carboxylic acids is 3. The van der Waals surface area contributed by atoms with E-state index in [1.165, 1.54) is 36.4 Å². The zero-order valence-electron chi connectivity index (χ0n) is 13.9. The summed E-state index contributed by atoms with van der Waals surface area (Å²) in [5, 5.41) is 2.63. The molecule has 134 valence electrons. The van der Waals surface area contributed by atoms with Crippen LogP contribution < -0.4 is 10.2 Å². The number of hydrogen-bond donors (Lipinski definition) is 1. The number of nitrogens with one attached hydrogen (secondary N) is 1. The summed E-state index contributed by atoms with van der Waals surface area (Å²) in [6.45, 7) is 0. The number of carbonyl (C=O) groups is 3. The molecule has 0 aliphatic carbocycles. The number of amides is 3. The van der Waals surface area contributed by atoms with Gasteiger partial charge in [-0.2, -0.15) is 0 Å². The molecular weight excluding hydrogens is 356 g/mol. The molecular formula is C18H16N2O5S. The van der Waals surface area contributed by atoms with Crippen molar-refractivity contribution in [2.45, 2.75) is 17.7 Å². The van der Waals surface area contributed by atoms with E-state index in [1.807, 2.05) is 0 Å². The monoisotopic (exact) mass is 372 g/mol. The van der Waals surface area contributed by atoms with Gasteiger partial charge in [-0.3, -0.25) is 19.3 Å². The molecule has 0 radical (unpaired) electrons. The van der Waals surface area contributed by atoms with Crippen molar-refractivity contribution in [3.05, 3.63) is 54.1 Å². The molecule has 8 heteroatoms. The zero-order valence-corrected chi connectivity index (χ0v) is 14.7. The van der Waals surface area contributed by atoms with Gasteiger partial charge in [0.15, 0.2) is 9.84 Å². The highest BCUT2D eigenvalue weighted by atomic mass is 32.2. The number of imide groups is 1. The normalized spacial score (nSPS) is 14.6. The van der Waals surface area contributed by atoms with Crippen molar-refractivity contribution in [2.75, 3.05) is 16.5 Å². The van der Waals surface area contributed by atoms with E-state index in [4.69, 9.17) is 0 Å².